The second-order valence-electron chi connectivity index (χ2n) is 6.98. The van der Waals surface area contributed by atoms with Crippen molar-refractivity contribution in [3.05, 3.63) is 65.2 Å². The maximum atomic E-state index is 5.95. The van der Waals surface area contributed by atoms with Crippen LogP contribution in [0.25, 0.3) is 0 Å². The van der Waals surface area contributed by atoms with Gasteiger partial charge in [0.2, 0.25) is 0 Å². The number of likely N-dealkylation sites (tertiary alicyclic amines) is 1. The molecule has 0 saturated carbocycles. The lowest BCUT2D eigenvalue weighted by Crippen LogP contribution is -2.37. The van der Waals surface area contributed by atoms with Gasteiger partial charge in [0.05, 0.1) is 0 Å². The molecule has 25 heavy (non-hydrogen) atoms. The predicted octanol–water partition coefficient (Wildman–Crippen LogP) is 4.15. The third-order valence-corrected chi connectivity index (χ3v) is 5.04. The van der Waals surface area contributed by atoms with Crippen LogP contribution in [0.4, 0.5) is 0 Å². The Labute approximate surface area is 152 Å². The quantitative estimate of drug-likeness (QED) is 0.782. The van der Waals surface area contributed by atoms with E-state index in [2.05, 4.69) is 66.5 Å². The minimum Gasteiger partial charge on any atom is -0.489 e. The molecule has 1 atom stereocenters. The predicted molar refractivity (Wildman–Crippen MR) is 104 cm³/mol. The van der Waals surface area contributed by atoms with E-state index in [-0.39, 0.29) is 0 Å². The standard InChI is InChI=1S/C22H30N2O/c1-3-24-13-5-7-21(24)16-23-15-20-6-4-8-22(14-20)25-17-19-11-9-18(2)10-12-19/h4,6,8-12,14,21,23H,3,5,7,13,15-17H2,1-2H3/t21-/m0/s1. The summed E-state index contributed by atoms with van der Waals surface area (Å²) in [5.74, 6) is 0.941. The molecule has 1 fully saturated rings. The fourth-order valence-corrected chi connectivity index (χ4v) is 3.52. The van der Waals surface area contributed by atoms with Crippen molar-refractivity contribution in [1.82, 2.24) is 10.2 Å². The number of aryl methyl sites for hydroxylation is 1. The Hall–Kier alpha value is -1.84. The summed E-state index contributed by atoms with van der Waals surface area (Å²) in [6.45, 7) is 9.36. The Bertz CT molecular complexity index is 653. The van der Waals surface area contributed by atoms with Gasteiger partial charge in [0.25, 0.3) is 0 Å². The first kappa shape index (κ1) is 18.0. The van der Waals surface area contributed by atoms with Crippen molar-refractivity contribution in [1.29, 1.82) is 0 Å². The minimum absolute atomic E-state index is 0.616. The third kappa shape index (κ3) is 5.32. The monoisotopic (exact) mass is 338 g/mol. The smallest absolute Gasteiger partial charge is 0.120 e. The van der Waals surface area contributed by atoms with Crippen LogP contribution in [0, 0.1) is 6.92 Å². The molecule has 3 nitrogen and oxygen atoms in total. The van der Waals surface area contributed by atoms with E-state index in [9.17, 15) is 0 Å². The summed E-state index contributed by atoms with van der Waals surface area (Å²) in [7, 11) is 0. The molecule has 3 rings (SSSR count). The molecule has 1 N–H and O–H groups in total. The van der Waals surface area contributed by atoms with Gasteiger partial charge >= 0.3 is 0 Å². The number of rotatable bonds is 8. The molecule has 1 heterocycles. The first-order valence-corrected chi connectivity index (χ1v) is 9.46. The lowest BCUT2D eigenvalue weighted by atomic mass is 10.1. The molecule has 0 unspecified atom stereocenters. The first-order valence-electron chi connectivity index (χ1n) is 9.46. The van der Waals surface area contributed by atoms with Gasteiger partial charge in [0, 0.05) is 19.1 Å². The molecule has 0 radical (unpaired) electrons. The van der Waals surface area contributed by atoms with Crippen LogP contribution in [0.1, 0.15) is 36.5 Å². The summed E-state index contributed by atoms with van der Waals surface area (Å²) in [6.07, 6.45) is 2.66. The zero-order valence-electron chi connectivity index (χ0n) is 15.5. The molecule has 0 aromatic heterocycles. The number of likely N-dealkylation sites (N-methyl/N-ethyl adjacent to an activating group) is 1. The zero-order valence-corrected chi connectivity index (χ0v) is 15.5. The molecule has 1 saturated heterocycles. The second kappa shape index (κ2) is 9.02. The molecule has 3 heteroatoms. The van der Waals surface area contributed by atoms with Crippen LogP contribution >= 0.6 is 0 Å². The van der Waals surface area contributed by atoms with E-state index in [0.717, 1.165) is 25.4 Å². The van der Waals surface area contributed by atoms with E-state index >= 15 is 0 Å². The average Bonchev–Trinajstić information content (AvgIpc) is 3.09. The van der Waals surface area contributed by atoms with Crippen LogP contribution in [-0.4, -0.2) is 30.6 Å². The summed E-state index contributed by atoms with van der Waals surface area (Å²) in [5, 5.41) is 3.62. The molecular weight excluding hydrogens is 308 g/mol. The summed E-state index contributed by atoms with van der Waals surface area (Å²) in [4.78, 5) is 2.58. The van der Waals surface area contributed by atoms with Gasteiger partial charge in [-0.2, -0.15) is 0 Å². The van der Waals surface area contributed by atoms with Crippen LogP contribution in [-0.2, 0) is 13.2 Å². The lowest BCUT2D eigenvalue weighted by molar-refractivity contribution is 0.260. The summed E-state index contributed by atoms with van der Waals surface area (Å²) >= 11 is 0. The number of nitrogens with one attached hydrogen (secondary N) is 1. The number of ether oxygens (including phenoxy) is 1. The SMILES string of the molecule is CCN1CCC[C@H]1CNCc1cccc(OCc2ccc(C)cc2)c1. The maximum Gasteiger partial charge on any atom is 0.120 e. The normalized spacial score (nSPS) is 17.8. The Morgan fingerprint density at radius 2 is 1.96 bits per heavy atom. The van der Waals surface area contributed by atoms with Gasteiger partial charge < -0.3 is 10.1 Å². The average molecular weight is 338 g/mol. The number of nitrogens with zero attached hydrogens (tertiary/aromatic N) is 1. The molecule has 0 bridgehead atoms. The summed E-state index contributed by atoms with van der Waals surface area (Å²) < 4.78 is 5.95. The van der Waals surface area contributed by atoms with Gasteiger partial charge in [-0.3, -0.25) is 4.90 Å². The molecular formula is C22H30N2O. The summed E-state index contributed by atoms with van der Waals surface area (Å²) in [5.41, 5.74) is 3.76. The zero-order chi connectivity index (χ0) is 17.5. The fraction of sp³-hybridized carbons (Fsp3) is 0.455. The molecule has 134 valence electrons. The molecule has 0 amide bonds. The molecule has 0 aliphatic carbocycles. The van der Waals surface area contributed by atoms with Crippen molar-refractivity contribution in [2.45, 2.75) is 45.9 Å². The van der Waals surface area contributed by atoms with E-state index in [4.69, 9.17) is 4.74 Å². The molecule has 2 aromatic carbocycles. The van der Waals surface area contributed by atoms with Crippen LogP contribution < -0.4 is 10.1 Å². The molecule has 1 aliphatic heterocycles. The topological polar surface area (TPSA) is 24.5 Å². The Balaban J connectivity index is 1.47. The second-order valence-corrected chi connectivity index (χ2v) is 6.98. The third-order valence-electron chi connectivity index (χ3n) is 5.04. The van der Waals surface area contributed by atoms with Crippen molar-refractivity contribution in [2.24, 2.45) is 0 Å². The fourth-order valence-electron chi connectivity index (χ4n) is 3.52. The van der Waals surface area contributed by atoms with E-state index in [1.165, 1.54) is 36.1 Å². The molecule has 0 spiro atoms. The number of hydrogen-bond acceptors (Lipinski definition) is 3. The van der Waals surface area contributed by atoms with Crippen molar-refractivity contribution >= 4 is 0 Å². The lowest BCUT2D eigenvalue weighted by Gasteiger charge is -2.23. The van der Waals surface area contributed by atoms with Crippen LogP contribution in [0.2, 0.25) is 0 Å². The van der Waals surface area contributed by atoms with E-state index in [1.54, 1.807) is 0 Å². The molecule has 1 aliphatic rings. The minimum atomic E-state index is 0.616. The Morgan fingerprint density at radius 3 is 2.76 bits per heavy atom. The highest BCUT2D eigenvalue weighted by Gasteiger charge is 2.21. The van der Waals surface area contributed by atoms with Gasteiger partial charge in [-0.15, -0.1) is 0 Å². The highest BCUT2D eigenvalue weighted by molar-refractivity contribution is 5.29. The number of benzene rings is 2. The van der Waals surface area contributed by atoms with Crippen LogP contribution in [0.3, 0.4) is 0 Å². The van der Waals surface area contributed by atoms with Crippen molar-refractivity contribution in [3.63, 3.8) is 0 Å². The highest BCUT2D eigenvalue weighted by Crippen LogP contribution is 2.17. The van der Waals surface area contributed by atoms with Crippen LogP contribution in [0.5, 0.6) is 5.75 Å². The van der Waals surface area contributed by atoms with Gasteiger partial charge in [-0.05, 0) is 56.1 Å². The van der Waals surface area contributed by atoms with E-state index < -0.39 is 0 Å². The molecule has 2 aromatic rings. The van der Waals surface area contributed by atoms with E-state index in [1.807, 2.05) is 6.07 Å². The van der Waals surface area contributed by atoms with Crippen molar-refractivity contribution in [3.8, 4) is 5.75 Å². The van der Waals surface area contributed by atoms with Gasteiger partial charge in [0.1, 0.15) is 12.4 Å². The number of hydrogen-bond donors (Lipinski definition) is 1. The van der Waals surface area contributed by atoms with Crippen LogP contribution in [0.15, 0.2) is 48.5 Å². The maximum absolute atomic E-state index is 5.95. The summed E-state index contributed by atoms with van der Waals surface area (Å²) in [6, 6.07) is 17.6. The largest absolute Gasteiger partial charge is 0.489 e. The van der Waals surface area contributed by atoms with Gasteiger partial charge in [-0.1, -0.05) is 48.9 Å². The van der Waals surface area contributed by atoms with Crippen molar-refractivity contribution in [2.75, 3.05) is 19.6 Å². The Kier molecular flexibility index (Phi) is 6.48. The highest BCUT2D eigenvalue weighted by atomic mass is 16.5. The van der Waals surface area contributed by atoms with Gasteiger partial charge in [0.15, 0.2) is 0 Å². The van der Waals surface area contributed by atoms with Gasteiger partial charge in [-0.25, -0.2) is 0 Å². The van der Waals surface area contributed by atoms with E-state index in [0.29, 0.717) is 12.6 Å². The Morgan fingerprint density at radius 1 is 1.12 bits per heavy atom. The first-order chi connectivity index (χ1) is 12.2. The van der Waals surface area contributed by atoms with Crippen molar-refractivity contribution < 1.29 is 4.74 Å².